The number of hydrogen-bond donors (Lipinski definition) is 1. The van der Waals surface area contributed by atoms with Crippen molar-refractivity contribution in [1.29, 1.82) is 0 Å². The average molecular weight is 277 g/mol. The third kappa shape index (κ3) is 3.05. The van der Waals surface area contributed by atoms with Gasteiger partial charge in [0, 0.05) is 6.42 Å². The molecular formula is C19H19NO. The molecule has 21 heavy (non-hydrogen) atoms. The highest BCUT2D eigenvalue weighted by Crippen LogP contribution is 2.34. The molecule has 0 radical (unpaired) electrons. The van der Waals surface area contributed by atoms with Crippen LogP contribution in [0.15, 0.2) is 71.4 Å². The van der Waals surface area contributed by atoms with Gasteiger partial charge in [-0.25, -0.2) is 0 Å². The highest BCUT2D eigenvalue weighted by molar-refractivity contribution is 5.92. The Morgan fingerprint density at radius 3 is 1.90 bits per heavy atom. The van der Waals surface area contributed by atoms with Crippen LogP contribution in [0.3, 0.4) is 0 Å². The summed E-state index contributed by atoms with van der Waals surface area (Å²) in [5.41, 5.74) is 6.01. The molecule has 2 nitrogen and oxygen atoms in total. The number of rotatable bonds is 2. The summed E-state index contributed by atoms with van der Waals surface area (Å²) in [4.78, 5) is 0. The van der Waals surface area contributed by atoms with Crippen LogP contribution in [-0.2, 0) is 0 Å². The lowest BCUT2D eigenvalue weighted by Crippen LogP contribution is -2.09. The fourth-order valence-electron chi connectivity index (χ4n) is 3.01. The first-order valence-corrected chi connectivity index (χ1v) is 7.41. The highest BCUT2D eigenvalue weighted by atomic mass is 16.4. The third-order valence-electron chi connectivity index (χ3n) is 3.98. The second-order valence-electron chi connectivity index (χ2n) is 5.41. The minimum absolute atomic E-state index is 0.773. The fraction of sp³-hybridized carbons (Fsp3) is 0.211. The van der Waals surface area contributed by atoms with Gasteiger partial charge in [0.15, 0.2) is 0 Å². The predicted molar refractivity (Wildman–Crippen MR) is 86.6 cm³/mol. The van der Waals surface area contributed by atoms with Gasteiger partial charge in [0.1, 0.15) is 0 Å². The zero-order chi connectivity index (χ0) is 14.5. The van der Waals surface area contributed by atoms with Gasteiger partial charge in [-0.2, -0.15) is 0 Å². The molecule has 0 spiro atoms. The topological polar surface area (TPSA) is 32.6 Å². The number of oxime groups is 1. The quantitative estimate of drug-likeness (QED) is 0.615. The molecule has 0 aliphatic heterocycles. The van der Waals surface area contributed by atoms with Crippen molar-refractivity contribution in [2.24, 2.45) is 5.16 Å². The van der Waals surface area contributed by atoms with Crippen LogP contribution in [0, 0.1) is 0 Å². The molecular weight excluding hydrogens is 258 g/mol. The Morgan fingerprint density at radius 1 is 0.810 bits per heavy atom. The second-order valence-corrected chi connectivity index (χ2v) is 5.41. The normalized spacial score (nSPS) is 17.0. The van der Waals surface area contributed by atoms with Crippen LogP contribution >= 0.6 is 0 Å². The lowest BCUT2D eigenvalue weighted by atomic mass is 9.84. The van der Waals surface area contributed by atoms with Crippen molar-refractivity contribution in [1.82, 2.24) is 0 Å². The van der Waals surface area contributed by atoms with Crippen molar-refractivity contribution < 1.29 is 5.21 Å². The molecule has 0 amide bonds. The van der Waals surface area contributed by atoms with Crippen molar-refractivity contribution >= 4 is 11.3 Å². The molecule has 106 valence electrons. The largest absolute Gasteiger partial charge is 0.411 e. The summed E-state index contributed by atoms with van der Waals surface area (Å²) >= 11 is 0. The molecule has 1 aliphatic carbocycles. The Labute approximate surface area is 125 Å². The van der Waals surface area contributed by atoms with E-state index in [-0.39, 0.29) is 0 Å². The molecule has 0 bridgehead atoms. The summed E-state index contributed by atoms with van der Waals surface area (Å²) in [6, 6.07) is 21.0. The molecule has 1 aliphatic rings. The first-order chi connectivity index (χ1) is 10.4. The van der Waals surface area contributed by atoms with Crippen LogP contribution in [0.25, 0.3) is 5.57 Å². The zero-order valence-electron chi connectivity index (χ0n) is 12.0. The minimum atomic E-state index is 0.773. The van der Waals surface area contributed by atoms with E-state index in [4.69, 9.17) is 5.21 Å². The van der Waals surface area contributed by atoms with Crippen LogP contribution in [0.4, 0.5) is 0 Å². The Morgan fingerprint density at radius 2 is 1.38 bits per heavy atom. The van der Waals surface area contributed by atoms with Gasteiger partial charge in [-0.1, -0.05) is 71.4 Å². The van der Waals surface area contributed by atoms with Gasteiger partial charge in [0.05, 0.1) is 5.71 Å². The summed E-state index contributed by atoms with van der Waals surface area (Å²) in [6.07, 6.45) is 3.79. The van der Waals surface area contributed by atoms with E-state index < -0.39 is 0 Å². The molecule has 1 saturated carbocycles. The minimum Gasteiger partial charge on any atom is -0.411 e. The molecule has 0 unspecified atom stereocenters. The van der Waals surface area contributed by atoms with Crippen molar-refractivity contribution in [2.75, 3.05) is 0 Å². The molecule has 0 aromatic heterocycles. The monoisotopic (exact) mass is 277 g/mol. The van der Waals surface area contributed by atoms with Gasteiger partial charge in [0.2, 0.25) is 0 Å². The van der Waals surface area contributed by atoms with Gasteiger partial charge in [-0.15, -0.1) is 0 Å². The number of hydrogen-bond acceptors (Lipinski definition) is 2. The summed E-state index contributed by atoms with van der Waals surface area (Å²) in [6.45, 7) is 0. The van der Waals surface area contributed by atoms with Gasteiger partial charge in [-0.05, 0) is 36.0 Å². The smallest absolute Gasteiger partial charge is 0.0611 e. The molecule has 2 heteroatoms. The Hall–Kier alpha value is -2.35. The first-order valence-electron chi connectivity index (χ1n) is 7.41. The van der Waals surface area contributed by atoms with Crippen molar-refractivity contribution in [3.05, 3.63) is 77.4 Å². The van der Waals surface area contributed by atoms with E-state index in [1.165, 1.54) is 22.3 Å². The molecule has 0 heterocycles. The SMILES string of the molecule is ON=C1CCCC(=C(c2ccccc2)c2ccccc2)C1. The molecule has 3 rings (SSSR count). The maximum absolute atomic E-state index is 9.10. The standard InChI is InChI=1S/C19H19NO/c21-20-18-13-7-12-17(14-18)19(15-8-3-1-4-9-15)16-10-5-2-6-11-16/h1-6,8-11,21H,7,12-14H2. The van der Waals surface area contributed by atoms with E-state index >= 15 is 0 Å². The summed E-state index contributed by atoms with van der Waals surface area (Å²) in [5.74, 6) is 0. The van der Waals surface area contributed by atoms with Crippen molar-refractivity contribution in [2.45, 2.75) is 25.7 Å². The average Bonchev–Trinajstić information content (AvgIpc) is 2.57. The molecule has 1 N–H and O–H groups in total. The van der Waals surface area contributed by atoms with E-state index in [0.717, 1.165) is 31.4 Å². The molecule has 1 fully saturated rings. The fourth-order valence-corrected chi connectivity index (χ4v) is 3.01. The van der Waals surface area contributed by atoms with Gasteiger partial charge in [0.25, 0.3) is 0 Å². The van der Waals surface area contributed by atoms with Crippen LogP contribution in [0.5, 0.6) is 0 Å². The number of allylic oxidation sites excluding steroid dienone is 1. The third-order valence-corrected chi connectivity index (χ3v) is 3.98. The second kappa shape index (κ2) is 6.40. The van der Waals surface area contributed by atoms with Gasteiger partial charge >= 0.3 is 0 Å². The Balaban J connectivity index is 2.13. The van der Waals surface area contributed by atoms with Gasteiger partial charge in [-0.3, -0.25) is 0 Å². The van der Waals surface area contributed by atoms with E-state index in [9.17, 15) is 0 Å². The molecule has 0 saturated heterocycles. The van der Waals surface area contributed by atoms with Crippen molar-refractivity contribution in [3.8, 4) is 0 Å². The lowest BCUT2D eigenvalue weighted by molar-refractivity contribution is 0.315. The Bertz CT molecular complexity index is 615. The Kier molecular flexibility index (Phi) is 4.15. The van der Waals surface area contributed by atoms with E-state index in [1.54, 1.807) is 0 Å². The number of benzene rings is 2. The van der Waals surface area contributed by atoms with Gasteiger partial charge < -0.3 is 5.21 Å². The van der Waals surface area contributed by atoms with Crippen LogP contribution < -0.4 is 0 Å². The van der Waals surface area contributed by atoms with Crippen LogP contribution in [-0.4, -0.2) is 10.9 Å². The number of nitrogens with zero attached hydrogens (tertiary/aromatic N) is 1. The molecule has 2 aromatic carbocycles. The first kappa shape index (κ1) is 13.6. The predicted octanol–water partition coefficient (Wildman–Crippen LogP) is 4.89. The summed E-state index contributed by atoms with van der Waals surface area (Å²) in [7, 11) is 0. The van der Waals surface area contributed by atoms with E-state index in [1.807, 2.05) is 12.1 Å². The zero-order valence-corrected chi connectivity index (χ0v) is 12.0. The molecule has 0 atom stereocenters. The maximum atomic E-state index is 9.10. The molecule has 2 aromatic rings. The van der Waals surface area contributed by atoms with Crippen LogP contribution in [0.1, 0.15) is 36.8 Å². The summed E-state index contributed by atoms with van der Waals surface area (Å²) in [5, 5.41) is 12.5. The lowest BCUT2D eigenvalue weighted by Gasteiger charge is -2.21. The highest BCUT2D eigenvalue weighted by Gasteiger charge is 2.18. The van der Waals surface area contributed by atoms with Crippen LogP contribution in [0.2, 0.25) is 0 Å². The van der Waals surface area contributed by atoms with E-state index in [2.05, 4.69) is 53.7 Å². The maximum Gasteiger partial charge on any atom is 0.0611 e. The summed E-state index contributed by atoms with van der Waals surface area (Å²) < 4.78 is 0. The van der Waals surface area contributed by atoms with E-state index in [0.29, 0.717) is 0 Å². The van der Waals surface area contributed by atoms with Crippen molar-refractivity contribution in [3.63, 3.8) is 0 Å².